The molecule has 7 rings (SSSR count). The minimum absolute atomic E-state index is 0.0226. The second-order valence-electron chi connectivity index (χ2n) is 15.1. The number of hydrogen-bond donors (Lipinski definition) is 4. The van der Waals surface area contributed by atoms with E-state index in [1.165, 1.54) is 7.11 Å². The summed E-state index contributed by atoms with van der Waals surface area (Å²) in [5.74, 6) is -0.511. The third-order valence-corrected chi connectivity index (χ3v) is 11.4. The largest absolute Gasteiger partial charge is 0.467 e. The van der Waals surface area contributed by atoms with Crippen molar-refractivity contribution >= 4 is 23.6 Å². The van der Waals surface area contributed by atoms with Crippen molar-refractivity contribution in [1.29, 1.82) is 0 Å². The zero-order chi connectivity index (χ0) is 40.5. The first-order chi connectivity index (χ1) is 28.2. The fourth-order valence-corrected chi connectivity index (χ4v) is 7.87. The van der Waals surface area contributed by atoms with Crippen LogP contribution in [0.4, 0.5) is 4.79 Å². The molecule has 5 aromatic carbocycles. The van der Waals surface area contributed by atoms with Crippen molar-refractivity contribution in [2.24, 2.45) is 0 Å². The van der Waals surface area contributed by atoms with Gasteiger partial charge in [-0.05, 0) is 70.0 Å². The van der Waals surface area contributed by atoms with Crippen LogP contribution in [0.5, 0.6) is 0 Å². The Morgan fingerprint density at radius 1 is 0.828 bits per heavy atom. The molecule has 2 heterocycles. The molecule has 11 heteroatoms. The monoisotopic (exact) mass is 803 g/mol. The number of likely N-dealkylation sites (tertiary alicyclic amines) is 1. The highest BCUT2D eigenvalue weighted by Crippen LogP contribution is 2.40. The van der Waals surface area contributed by atoms with Gasteiger partial charge in [0.15, 0.2) is 6.29 Å². The first-order valence-electron chi connectivity index (χ1n) is 19.7. The molecule has 2 amide bonds. The van der Waals surface area contributed by atoms with E-state index in [0.29, 0.717) is 37.3 Å². The lowest BCUT2D eigenvalue weighted by molar-refractivity contribution is -0.253. The quantitative estimate of drug-likeness (QED) is 0.0896. The molecule has 2 aliphatic rings. The summed E-state index contributed by atoms with van der Waals surface area (Å²) in [4.78, 5) is 27.6. The third-order valence-electron chi connectivity index (χ3n) is 11.1. The van der Waals surface area contributed by atoms with E-state index in [4.69, 9.17) is 25.8 Å². The maximum atomic E-state index is 12.9. The first-order valence-corrected chi connectivity index (χ1v) is 20.1. The van der Waals surface area contributed by atoms with Crippen LogP contribution in [0.15, 0.2) is 127 Å². The van der Waals surface area contributed by atoms with Crippen LogP contribution in [0.3, 0.4) is 0 Å². The molecule has 4 atom stereocenters. The number of hydrogen-bond acceptors (Lipinski definition) is 8. The number of urea groups is 1. The van der Waals surface area contributed by atoms with E-state index in [2.05, 4.69) is 15.5 Å². The fraction of sp³-hybridized carbons (Fsp3) is 0.319. The number of aliphatic hydroxyl groups excluding tert-OH is 1. The van der Waals surface area contributed by atoms with Gasteiger partial charge >= 0.3 is 12.0 Å². The highest BCUT2D eigenvalue weighted by molar-refractivity contribution is 6.30. The van der Waals surface area contributed by atoms with Gasteiger partial charge in [0, 0.05) is 49.6 Å². The Morgan fingerprint density at radius 2 is 1.52 bits per heavy atom. The van der Waals surface area contributed by atoms with Gasteiger partial charge in [0.25, 0.3) is 0 Å². The summed E-state index contributed by atoms with van der Waals surface area (Å²) in [7, 11) is 1.31. The number of halogens is 1. The van der Waals surface area contributed by atoms with Gasteiger partial charge < -0.3 is 40.0 Å². The summed E-state index contributed by atoms with van der Waals surface area (Å²) in [5.41, 5.74) is 6.56. The van der Waals surface area contributed by atoms with Crippen LogP contribution in [-0.2, 0) is 44.2 Å². The molecule has 2 fully saturated rings. The normalized spacial score (nSPS) is 19.8. The Labute approximate surface area is 344 Å². The Hall–Kier alpha value is -5.07. The summed E-state index contributed by atoms with van der Waals surface area (Å²) in [5, 5.41) is 27.4. The molecule has 2 saturated heterocycles. The summed E-state index contributed by atoms with van der Waals surface area (Å²) in [6.45, 7) is 2.41. The maximum absolute atomic E-state index is 12.9. The SMILES string of the molecule is COC(=O)[C@H](Cc1ccccc1)NC(=O)NCc1cccc(-c2ccc([C@H]3O[C@@H](CN4CCC(O)(c5ccc(Cl)cc5)CC4)C[C@@H](c4ccc(CO)cc4)O3)cc2)c1. The molecule has 0 aliphatic carbocycles. The average molecular weight is 804 g/mol. The van der Waals surface area contributed by atoms with Crippen molar-refractivity contribution in [3.05, 3.63) is 166 Å². The minimum Gasteiger partial charge on any atom is -0.467 e. The molecular formula is C47H50ClN3O7. The van der Waals surface area contributed by atoms with Crippen LogP contribution in [0.25, 0.3) is 11.1 Å². The fourth-order valence-electron chi connectivity index (χ4n) is 7.75. The lowest BCUT2D eigenvalue weighted by Gasteiger charge is -2.42. The molecule has 302 valence electrons. The number of amides is 2. The van der Waals surface area contributed by atoms with Crippen LogP contribution in [-0.4, -0.2) is 66.0 Å². The molecule has 2 aliphatic heterocycles. The molecule has 58 heavy (non-hydrogen) atoms. The standard InChI is InChI=1S/C47H50ClN3O7/c1-56-44(53)42(27-32-6-3-2-4-7-32)50-46(54)49-29-34-8-5-9-38(26-34)35-14-16-37(17-15-35)45-57-41(28-43(58-45)36-12-10-33(31-52)11-13-36)30-51-24-22-47(55,23-25-51)39-18-20-40(48)21-19-39/h2-21,26,41-43,45,52,55H,22-25,27-31H2,1H3,(H2,49,50,54)/t41-,42+,43+,45+/m1/s1. The van der Waals surface area contributed by atoms with Crippen molar-refractivity contribution in [1.82, 2.24) is 15.5 Å². The van der Waals surface area contributed by atoms with Crippen molar-refractivity contribution < 1.29 is 34.0 Å². The predicted octanol–water partition coefficient (Wildman–Crippen LogP) is 7.61. The van der Waals surface area contributed by atoms with Gasteiger partial charge in [-0.3, -0.25) is 0 Å². The number of methoxy groups -OCH3 is 1. The molecule has 0 aromatic heterocycles. The van der Waals surface area contributed by atoms with Gasteiger partial charge in [-0.1, -0.05) is 121 Å². The van der Waals surface area contributed by atoms with Crippen molar-refractivity contribution in [2.75, 3.05) is 26.7 Å². The van der Waals surface area contributed by atoms with Gasteiger partial charge in [-0.25, -0.2) is 9.59 Å². The average Bonchev–Trinajstić information content (AvgIpc) is 3.26. The third kappa shape index (κ3) is 10.5. The van der Waals surface area contributed by atoms with Crippen LogP contribution in [0, 0.1) is 0 Å². The molecule has 0 bridgehead atoms. The first kappa shape index (κ1) is 41.1. The Bertz CT molecular complexity index is 2110. The minimum atomic E-state index is -0.887. The molecule has 0 spiro atoms. The van der Waals surface area contributed by atoms with E-state index in [1.807, 2.05) is 127 Å². The van der Waals surface area contributed by atoms with Gasteiger partial charge in [0.1, 0.15) is 6.04 Å². The number of carbonyl (C=O) groups excluding carboxylic acids is 2. The van der Waals surface area contributed by atoms with Crippen molar-refractivity contribution in [3.63, 3.8) is 0 Å². The molecule has 0 unspecified atom stereocenters. The summed E-state index contributed by atoms with van der Waals surface area (Å²) in [6, 6.07) is 39.6. The topological polar surface area (TPSA) is 130 Å². The molecule has 0 saturated carbocycles. The summed E-state index contributed by atoms with van der Waals surface area (Å²) in [6.07, 6.45) is 1.28. The predicted molar refractivity (Wildman–Crippen MR) is 223 cm³/mol. The van der Waals surface area contributed by atoms with E-state index in [1.54, 1.807) is 0 Å². The van der Waals surface area contributed by atoms with Crippen molar-refractivity contribution in [3.8, 4) is 11.1 Å². The number of piperidine rings is 1. The van der Waals surface area contributed by atoms with E-state index in [0.717, 1.165) is 57.6 Å². The van der Waals surface area contributed by atoms with E-state index < -0.39 is 29.9 Å². The van der Waals surface area contributed by atoms with E-state index >= 15 is 0 Å². The van der Waals surface area contributed by atoms with Gasteiger partial charge in [-0.15, -0.1) is 0 Å². The van der Waals surface area contributed by atoms with Crippen LogP contribution in [0.1, 0.15) is 65.0 Å². The van der Waals surface area contributed by atoms with E-state index in [-0.39, 0.29) is 25.4 Å². The zero-order valence-electron chi connectivity index (χ0n) is 32.6. The van der Waals surface area contributed by atoms with Crippen LogP contribution >= 0.6 is 11.6 Å². The number of rotatable bonds is 13. The Kier molecular flexibility index (Phi) is 13.6. The Morgan fingerprint density at radius 3 is 2.21 bits per heavy atom. The van der Waals surface area contributed by atoms with E-state index in [9.17, 15) is 19.8 Å². The number of carbonyl (C=O) groups is 2. The molecule has 10 nitrogen and oxygen atoms in total. The molecule has 5 aromatic rings. The summed E-state index contributed by atoms with van der Waals surface area (Å²) >= 11 is 6.11. The molecular weight excluding hydrogens is 754 g/mol. The highest BCUT2D eigenvalue weighted by atomic mass is 35.5. The lowest BCUT2D eigenvalue weighted by Crippen LogP contribution is -2.47. The van der Waals surface area contributed by atoms with Gasteiger partial charge in [0.2, 0.25) is 0 Å². The Balaban J connectivity index is 0.994. The number of nitrogens with zero attached hydrogens (tertiary/aromatic N) is 1. The van der Waals surface area contributed by atoms with Crippen LogP contribution < -0.4 is 10.6 Å². The summed E-state index contributed by atoms with van der Waals surface area (Å²) < 4.78 is 18.2. The second-order valence-corrected chi connectivity index (χ2v) is 15.5. The lowest BCUT2D eigenvalue weighted by atomic mass is 9.84. The van der Waals surface area contributed by atoms with Gasteiger partial charge in [-0.2, -0.15) is 0 Å². The number of benzene rings is 5. The van der Waals surface area contributed by atoms with Gasteiger partial charge in [0.05, 0.1) is 31.5 Å². The second kappa shape index (κ2) is 19.1. The smallest absolute Gasteiger partial charge is 0.328 e. The number of aliphatic hydroxyl groups is 2. The van der Waals surface area contributed by atoms with Crippen LogP contribution in [0.2, 0.25) is 5.02 Å². The highest BCUT2D eigenvalue weighted by Gasteiger charge is 2.37. The number of esters is 1. The van der Waals surface area contributed by atoms with Crippen molar-refractivity contribution in [2.45, 2.75) is 69.0 Å². The number of nitrogens with one attached hydrogen (secondary N) is 2. The maximum Gasteiger partial charge on any atom is 0.328 e. The number of ether oxygens (including phenoxy) is 3. The molecule has 0 radical (unpaired) electrons. The zero-order valence-corrected chi connectivity index (χ0v) is 33.3. The molecule has 4 N–H and O–H groups in total.